The van der Waals surface area contributed by atoms with E-state index in [9.17, 15) is 4.79 Å². The molecule has 0 aliphatic carbocycles. The van der Waals surface area contributed by atoms with Crippen LogP contribution in [0.2, 0.25) is 0 Å². The number of carbonyl (C=O) groups excluding carboxylic acids is 1. The van der Waals surface area contributed by atoms with Gasteiger partial charge < -0.3 is 15.1 Å². The third-order valence-electron chi connectivity index (χ3n) is 7.90. The Morgan fingerprint density at radius 2 is 1.46 bits per heavy atom. The molecule has 2 aromatic rings. The molecule has 1 aromatic carbocycles. The summed E-state index contributed by atoms with van der Waals surface area (Å²) in [6.45, 7) is 12.9. The van der Waals surface area contributed by atoms with Crippen LogP contribution in [-0.2, 0) is 11.2 Å². The van der Waals surface area contributed by atoms with Gasteiger partial charge in [0.2, 0.25) is 5.91 Å². The zero-order valence-electron chi connectivity index (χ0n) is 21.8. The number of thiophene rings is 1. The maximum absolute atomic E-state index is 12.7. The lowest BCUT2D eigenvalue weighted by molar-refractivity contribution is -0.132. The van der Waals surface area contributed by atoms with E-state index in [1.807, 2.05) is 6.07 Å². The summed E-state index contributed by atoms with van der Waals surface area (Å²) in [6.07, 6.45) is 5.23. The first-order valence-corrected chi connectivity index (χ1v) is 14.6. The van der Waals surface area contributed by atoms with Gasteiger partial charge in [0, 0.05) is 36.7 Å². The zero-order valence-corrected chi connectivity index (χ0v) is 23.4. The van der Waals surface area contributed by atoms with Crippen molar-refractivity contribution in [3.05, 3.63) is 51.7 Å². The molecule has 3 heterocycles. The first kappa shape index (κ1) is 26.2. The van der Waals surface area contributed by atoms with Gasteiger partial charge >= 0.3 is 0 Å². The number of likely N-dealkylation sites (tertiary alicyclic amines) is 2. The Balaban J connectivity index is 1.27. The zero-order chi connectivity index (χ0) is 24.9. The molecule has 35 heavy (non-hydrogen) atoms. The minimum atomic E-state index is 0.291. The van der Waals surface area contributed by atoms with Crippen molar-refractivity contribution >= 4 is 40.3 Å². The van der Waals surface area contributed by atoms with Gasteiger partial charge in [-0.15, -0.1) is 11.3 Å². The van der Waals surface area contributed by atoms with Crippen LogP contribution in [0.4, 0.5) is 5.69 Å². The predicted octanol–water partition coefficient (Wildman–Crippen LogP) is 6.89. The molecule has 2 fully saturated rings. The Morgan fingerprint density at radius 1 is 0.914 bits per heavy atom. The van der Waals surface area contributed by atoms with Crippen molar-refractivity contribution in [3.8, 4) is 0 Å². The van der Waals surface area contributed by atoms with Crippen LogP contribution in [0.1, 0.15) is 81.2 Å². The Bertz CT molecular complexity index is 959. The molecule has 2 aliphatic heterocycles. The molecule has 0 radical (unpaired) electrons. The number of anilines is 1. The molecule has 2 saturated heterocycles. The van der Waals surface area contributed by atoms with E-state index in [-0.39, 0.29) is 0 Å². The van der Waals surface area contributed by atoms with Crippen LogP contribution in [-0.4, -0.2) is 47.0 Å². The molecule has 1 N–H and O–H groups in total. The lowest BCUT2D eigenvalue weighted by Crippen LogP contribution is -2.45. The van der Waals surface area contributed by atoms with E-state index in [2.05, 4.69) is 72.5 Å². The summed E-state index contributed by atoms with van der Waals surface area (Å²) in [5.41, 5.74) is 3.90. The van der Waals surface area contributed by atoms with Crippen LogP contribution in [0.5, 0.6) is 0 Å². The number of para-hydroxylation sites is 1. The van der Waals surface area contributed by atoms with Gasteiger partial charge in [0.05, 0.1) is 6.42 Å². The van der Waals surface area contributed by atoms with Crippen molar-refractivity contribution in [2.45, 2.75) is 71.6 Å². The molecule has 0 bridgehead atoms. The standard InChI is InChI=1S/C29H41N3OS2/c1-20(2)25-8-5-9-26(21(3)4)28(25)30-29(34)32-16-12-23(13-17-32)22-10-14-31(15-11-22)27(33)19-24-7-6-18-35-24/h5-9,18,20-23H,10-17,19H2,1-4H3,(H,30,34). The predicted molar refractivity (Wildman–Crippen MR) is 152 cm³/mol. The summed E-state index contributed by atoms with van der Waals surface area (Å²) >= 11 is 7.58. The van der Waals surface area contributed by atoms with Gasteiger partial charge in [0.15, 0.2) is 5.11 Å². The van der Waals surface area contributed by atoms with E-state index in [1.54, 1.807) is 11.3 Å². The maximum Gasteiger partial charge on any atom is 0.227 e. The molecular formula is C29H41N3OS2. The Morgan fingerprint density at radius 3 is 1.94 bits per heavy atom. The third-order valence-corrected chi connectivity index (χ3v) is 9.13. The molecule has 4 rings (SSSR count). The summed E-state index contributed by atoms with van der Waals surface area (Å²) in [5, 5.41) is 6.57. The van der Waals surface area contributed by atoms with Gasteiger partial charge in [-0.05, 0) is 84.1 Å². The van der Waals surface area contributed by atoms with E-state index in [1.165, 1.54) is 34.5 Å². The quantitative estimate of drug-likeness (QED) is 0.429. The minimum absolute atomic E-state index is 0.291. The highest BCUT2D eigenvalue weighted by Gasteiger charge is 2.31. The fourth-order valence-electron chi connectivity index (χ4n) is 5.75. The first-order valence-electron chi connectivity index (χ1n) is 13.3. The first-order chi connectivity index (χ1) is 16.8. The minimum Gasteiger partial charge on any atom is -0.349 e. The monoisotopic (exact) mass is 511 g/mol. The number of hydrogen-bond acceptors (Lipinski definition) is 3. The highest BCUT2D eigenvalue weighted by atomic mass is 32.1. The topological polar surface area (TPSA) is 35.6 Å². The van der Waals surface area contributed by atoms with Crippen LogP contribution in [0.3, 0.4) is 0 Å². The van der Waals surface area contributed by atoms with Crippen molar-refractivity contribution in [3.63, 3.8) is 0 Å². The lowest BCUT2D eigenvalue weighted by atomic mass is 9.79. The van der Waals surface area contributed by atoms with E-state index < -0.39 is 0 Å². The number of nitrogens with one attached hydrogen (secondary N) is 1. The molecule has 0 atom stereocenters. The van der Waals surface area contributed by atoms with Crippen molar-refractivity contribution in [2.75, 3.05) is 31.5 Å². The maximum atomic E-state index is 12.7. The molecule has 6 heteroatoms. The highest BCUT2D eigenvalue weighted by Crippen LogP contribution is 2.35. The second kappa shape index (κ2) is 11.9. The van der Waals surface area contributed by atoms with Crippen molar-refractivity contribution in [1.82, 2.24) is 9.80 Å². The number of nitrogens with zero attached hydrogens (tertiary/aromatic N) is 2. The molecule has 4 nitrogen and oxygen atoms in total. The van der Waals surface area contributed by atoms with Crippen LogP contribution in [0.25, 0.3) is 0 Å². The van der Waals surface area contributed by atoms with Gasteiger partial charge in [0.1, 0.15) is 0 Å². The third kappa shape index (κ3) is 6.45. The van der Waals surface area contributed by atoms with Crippen LogP contribution in [0, 0.1) is 11.8 Å². The molecule has 1 amide bonds. The summed E-state index contributed by atoms with van der Waals surface area (Å²) in [5.74, 6) is 2.68. The number of hydrogen-bond donors (Lipinski definition) is 1. The largest absolute Gasteiger partial charge is 0.349 e. The van der Waals surface area contributed by atoms with Gasteiger partial charge in [-0.1, -0.05) is 52.0 Å². The number of carbonyl (C=O) groups is 1. The van der Waals surface area contributed by atoms with Crippen molar-refractivity contribution in [2.24, 2.45) is 11.8 Å². The molecule has 190 valence electrons. The summed E-state index contributed by atoms with van der Waals surface area (Å²) in [7, 11) is 0. The van der Waals surface area contributed by atoms with E-state index in [0.29, 0.717) is 24.2 Å². The lowest BCUT2D eigenvalue weighted by Gasteiger charge is -2.41. The number of benzene rings is 1. The highest BCUT2D eigenvalue weighted by molar-refractivity contribution is 7.80. The van der Waals surface area contributed by atoms with Crippen molar-refractivity contribution < 1.29 is 4.79 Å². The van der Waals surface area contributed by atoms with Crippen LogP contribution < -0.4 is 5.32 Å². The average Bonchev–Trinajstić information content (AvgIpc) is 3.37. The smallest absolute Gasteiger partial charge is 0.227 e. The summed E-state index contributed by atoms with van der Waals surface area (Å²) in [6, 6.07) is 10.7. The summed E-state index contributed by atoms with van der Waals surface area (Å²) in [4.78, 5) is 18.3. The fourth-order valence-corrected chi connectivity index (χ4v) is 6.73. The number of amides is 1. The van der Waals surface area contributed by atoms with Crippen LogP contribution >= 0.6 is 23.6 Å². The Hall–Kier alpha value is -1.92. The van der Waals surface area contributed by atoms with E-state index >= 15 is 0 Å². The van der Waals surface area contributed by atoms with Gasteiger partial charge in [0.25, 0.3) is 0 Å². The van der Waals surface area contributed by atoms with Gasteiger partial charge in [-0.25, -0.2) is 0 Å². The second-order valence-corrected chi connectivity index (χ2v) is 12.3. The molecule has 0 saturated carbocycles. The molecule has 0 spiro atoms. The molecular weight excluding hydrogens is 470 g/mol. The van der Waals surface area contributed by atoms with Crippen molar-refractivity contribution in [1.29, 1.82) is 0 Å². The van der Waals surface area contributed by atoms with Gasteiger partial charge in [-0.2, -0.15) is 0 Å². The van der Waals surface area contributed by atoms with Gasteiger partial charge in [-0.3, -0.25) is 4.79 Å². The molecule has 0 unspecified atom stereocenters. The Kier molecular flexibility index (Phi) is 8.87. The average molecular weight is 512 g/mol. The Labute approximate surface area is 221 Å². The molecule has 1 aromatic heterocycles. The second-order valence-electron chi connectivity index (χ2n) is 10.8. The number of thiocarbonyl (C=S) groups is 1. The SMILES string of the molecule is CC(C)c1cccc(C(C)C)c1NC(=S)N1CCC(C2CCN(C(=O)Cc3cccs3)CC2)CC1. The van der Waals surface area contributed by atoms with E-state index in [4.69, 9.17) is 12.2 Å². The molecule has 2 aliphatic rings. The summed E-state index contributed by atoms with van der Waals surface area (Å²) < 4.78 is 0. The fraction of sp³-hybridized carbons (Fsp3) is 0.586. The normalized spacial score (nSPS) is 17.9. The van der Waals surface area contributed by atoms with Crippen LogP contribution in [0.15, 0.2) is 35.7 Å². The number of piperidine rings is 2. The van der Waals surface area contributed by atoms with E-state index in [0.717, 1.165) is 56.0 Å². The number of rotatable bonds is 6.